The molecule has 0 bridgehead atoms. The smallest absolute Gasteiger partial charge is 0.0640 e. The van der Waals surface area contributed by atoms with Crippen LogP contribution >= 0.6 is 22.7 Å². The molecule has 0 N–H and O–H groups in total. The van der Waals surface area contributed by atoms with Gasteiger partial charge in [0.25, 0.3) is 0 Å². The number of nitrogens with zero attached hydrogens (tertiary/aromatic N) is 1. The molecule has 10 aromatic carbocycles. The van der Waals surface area contributed by atoms with E-state index in [0.717, 1.165) is 5.69 Å². The number of rotatable bonds is 6. The fourth-order valence-corrected chi connectivity index (χ4v) is 11.5. The number of benzene rings is 10. The Balaban J connectivity index is 1.07. The van der Waals surface area contributed by atoms with Crippen LogP contribution in [0.1, 0.15) is 0 Å². The first-order valence-corrected chi connectivity index (χ1v) is 21.7. The SMILES string of the molecule is c1ccc(-c2ccc3c(c2)sc2c(N(c4ccc(-c5ccc6c(ccc7ccccc76)c5)cc4)c4ccc(-c5ccccc5)c5sc6ccccc6c45)cccc23)cc1. The monoisotopic (exact) mass is 785 g/mol. The minimum absolute atomic E-state index is 1.12. The van der Waals surface area contributed by atoms with E-state index < -0.39 is 0 Å². The molecule has 1 nitrogen and oxygen atoms in total. The van der Waals surface area contributed by atoms with Crippen LogP contribution in [0, 0.1) is 0 Å². The van der Waals surface area contributed by atoms with Crippen molar-refractivity contribution >= 4 is 102 Å². The molecule has 276 valence electrons. The topological polar surface area (TPSA) is 3.24 Å². The molecule has 0 unspecified atom stereocenters. The molecule has 0 aliphatic carbocycles. The van der Waals surface area contributed by atoms with Gasteiger partial charge in [0.1, 0.15) is 0 Å². The van der Waals surface area contributed by atoms with Crippen molar-refractivity contribution in [3.05, 3.63) is 212 Å². The second kappa shape index (κ2) is 13.8. The van der Waals surface area contributed by atoms with Gasteiger partial charge in [-0.3, -0.25) is 0 Å². The average Bonchev–Trinajstić information content (AvgIpc) is 3.89. The van der Waals surface area contributed by atoms with E-state index in [-0.39, 0.29) is 0 Å². The zero-order valence-corrected chi connectivity index (χ0v) is 33.6. The third-order valence-electron chi connectivity index (χ3n) is 11.9. The molecular formula is C56H35NS2. The van der Waals surface area contributed by atoms with Crippen LogP contribution in [-0.2, 0) is 0 Å². The number of hydrogen-bond acceptors (Lipinski definition) is 3. The summed E-state index contributed by atoms with van der Waals surface area (Å²) in [4.78, 5) is 2.52. The zero-order chi connectivity index (χ0) is 38.9. The highest BCUT2D eigenvalue weighted by Crippen LogP contribution is 2.51. The van der Waals surface area contributed by atoms with E-state index in [1.54, 1.807) is 0 Å². The van der Waals surface area contributed by atoms with E-state index in [1.807, 2.05) is 22.7 Å². The van der Waals surface area contributed by atoms with Gasteiger partial charge in [-0.05, 0) is 97.4 Å². The molecule has 0 amide bonds. The summed E-state index contributed by atoms with van der Waals surface area (Å²) < 4.78 is 5.16. The number of fused-ring (bicyclic) bond motifs is 9. The lowest BCUT2D eigenvalue weighted by molar-refractivity contribution is 1.32. The van der Waals surface area contributed by atoms with Crippen molar-refractivity contribution in [2.75, 3.05) is 4.90 Å². The van der Waals surface area contributed by atoms with Crippen molar-refractivity contribution in [2.24, 2.45) is 0 Å². The molecule has 0 radical (unpaired) electrons. The van der Waals surface area contributed by atoms with Crippen molar-refractivity contribution in [3.63, 3.8) is 0 Å². The Morgan fingerprint density at radius 3 is 1.75 bits per heavy atom. The van der Waals surface area contributed by atoms with Crippen LogP contribution in [-0.4, -0.2) is 0 Å². The lowest BCUT2D eigenvalue weighted by Crippen LogP contribution is -2.10. The van der Waals surface area contributed by atoms with Crippen LogP contribution in [0.3, 0.4) is 0 Å². The Morgan fingerprint density at radius 1 is 0.305 bits per heavy atom. The molecule has 12 rings (SSSR count). The highest BCUT2D eigenvalue weighted by molar-refractivity contribution is 7.27. The molecule has 0 fully saturated rings. The Hall–Kier alpha value is -7.04. The van der Waals surface area contributed by atoms with Crippen molar-refractivity contribution < 1.29 is 0 Å². The Bertz CT molecular complexity index is 3540. The van der Waals surface area contributed by atoms with Gasteiger partial charge in [0.2, 0.25) is 0 Å². The van der Waals surface area contributed by atoms with E-state index in [9.17, 15) is 0 Å². The minimum atomic E-state index is 1.12. The minimum Gasteiger partial charge on any atom is -0.308 e. The van der Waals surface area contributed by atoms with Gasteiger partial charge in [0, 0.05) is 41.3 Å². The lowest BCUT2D eigenvalue weighted by atomic mass is 9.97. The van der Waals surface area contributed by atoms with E-state index in [0.29, 0.717) is 0 Å². The molecule has 0 spiro atoms. The van der Waals surface area contributed by atoms with Gasteiger partial charge in [-0.15, -0.1) is 22.7 Å². The van der Waals surface area contributed by atoms with Crippen LogP contribution < -0.4 is 4.90 Å². The summed E-state index contributed by atoms with van der Waals surface area (Å²) in [6, 6.07) is 78.1. The first kappa shape index (κ1) is 34.0. The van der Waals surface area contributed by atoms with Crippen LogP contribution in [0.25, 0.3) is 95.3 Å². The molecule has 59 heavy (non-hydrogen) atoms. The summed E-state index contributed by atoms with van der Waals surface area (Å²) in [6.07, 6.45) is 0. The summed E-state index contributed by atoms with van der Waals surface area (Å²) in [6.45, 7) is 0. The molecule has 0 atom stereocenters. The summed E-state index contributed by atoms with van der Waals surface area (Å²) in [7, 11) is 0. The Kier molecular flexibility index (Phi) is 7.97. The quantitative estimate of drug-likeness (QED) is 0.152. The van der Waals surface area contributed by atoms with Gasteiger partial charge in [-0.25, -0.2) is 0 Å². The maximum atomic E-state index is 2.52. The third kappa shape index (κ3) is 5.66. The van der Waals surface area contributed by atoms with E-state index in [1.165, 1.54) is 107 Å². The third-order valence-corrected chi connectivity index (χ3v) is 14.3. The summed E-state index contributed by atoms with van der Waals surface area (Å²) >= 11 is 3.78. The fourth-order valence-electron chi connectivity index (χ4n) is 9.02. The van der Waals surface area contributed by atoms with E-state index in [4.69, 9.17) is 0 Å². The maximum absolute atomic E-state index is 2.52. The molecule has 12 aromatic rings. The van der Waals surface area contributed by atoms with Crippen molar-refractivity contribution in [1.29, 1.82) is 0 Å². The van der Waals surface area contributed by atoms with Crippen LogP contribution in [0.4, 0.5) is 17.1 Å². The van der Waals surface area contributed by atoms with Gasteiger partial charge in [-0.1, -0.05) is 170 Å². The highest BCUT2D eigenvalue weighted by Gasteiger charge is 2.23. The zero-order valence-electron chi connectivity index (χ0n) is 32.0. The molecular weight excluding hydrogens is 751 g/mol. The Morgan fingerprint density at radius 2 is 0.915 bits per heavy atom. The standard InChI is InChI=1S/C56H35NS2/c1-3-12-36(13-4-1)41-27-31-47-48-19-11-20-51(55(48)59-53(47)35-41)57(50-33-32-46(38-14-5-2-6-15-38)56-54(50)49-18-9-10-21-52(49)58-56)43-28-24-37(25-29-43)40-26-30-45-42(34-40)23-22-39-16-7-8-17-44(39)45/h1-35H. The average molecular weight is 786 g/mol. The van der Waals surface area contributed by atoms with Gasteiger partial charge in [0.15, 0.2) is 0 Å². The predicted octanol–water partition coefficient (Wildman–Crippen LogP) is 17.2. The second-order valence-corrected chi connectivity index (χ2v) is 17.3. The number of anilines is 3. The normalized spacial score (nSPS) is 11.7. The molecule has 0 saturated heterocycles. The van der Waals surface area contributed by atoms with Crippen LogP contribution in [0.2, 0.25) is 0 Å². The maximum Gasteiger partial charge on any atom is 0.0640 e. The number of thiophene rings is 2. The van der Waals surface area contributed by atoms with Gasteiger partial charge in [0.05, 0.1) is 16.1 Å². The fraction of sp³-hybridized carbons (Fsp3) is 0. The van der Waals surface area contributed by atoms with Gasteiger partial charge >= 0.3 is 0 Å². The first-order valence-electron chi connectivity index (χ1n) is 20.1. The number of hydrogen-bond donors (Lipinski definition) is 0. The first-order chi connectivity index (χ1) is 29.2. The highest BCUT2D eigenvalue weighted by atomic mass is 32.1. The summed E-state index contributed by atoms with van der Waals surface area (Å²) in [5.74, 6) is 0. The molecule has 2 aromatic heterocycles. The van der Waals surface area contributed by atoms with Crippen molar-refractivity contribution in [2.45, 2.75) is 0 Å². The van der Waals surface area contributed by atoms with E-state index in [2.05, 4.69) is 217 Å². The molecule has 0 aliphatic heterocycles. The van der Waals surface area contributed by atoms with Crippen molar-refractivity contribution in [1.82, 2.24) is 0 Å². The lowest BCUT2D eigenvalue weighted by Gasteiger charge is -2.28. The van der Waals surface area contributed by atoms with Gasteiger partial charge < -0.3 is 4.90 Å². The molecule has 0 saturated carbocycles. The molecule has 2 heterocycles. The summed E-state index contributed by atoms with van der Waals surface area (Å²) in [5, 5.41) is 10.2. The Labute approximate surface area is 350 Å². The van der Waals surface area contributed by atoms with Gasteiger partial charge in [-0.2, -0.15) is 0 Å². The predicted molar refractivity (Wildman–Crippen MR) is 258 cm³/mol. The van der Waals surface area contributed by atoms with Crippen LogP contribution in [0.15, 0.2) is 212 Å². The van der Waals surface area contributed by atoms with Crippen LogP contribution in [0.5, 0.6) is 0 Å². The molecule has 0 aliphatic rings. The largest absolute Gasteiger partial charge is 0.308 e. The van der Waals surface area contributed by atoms with E-state index >= 15 is 0 Å². The molecule has 3 heteroatoms. The summed E-state index contributed by atoms with van der Waals surface area (Å²) in [5.41, 5.74) is 10.9. The second-order valence-electron chi connectivity index (χ2n) is 15.2. The van der Waals surface area contributed by atoms with Crippen molar-refractivity contribution in [3.8, 4) is 33.4 Å².